The van der Waals surface area contributed by atoms with Crippen LogP contribution in [0.25, 0.3) is 0 Å². The standard InChI is InChI=1S/C8H12N2O3/c1-5(6(2)11)8-9-7(4-12-3)10-13-8/h5H,4H2,1-3H3. The fraction of sp³-hybridized carbons (Fsp3) is 0.625. The topological polar surface area (TPSA) is 65.2 Å². The van der Waals surface area contributed by atoms with Crippen molar-refractivity contribution in [1.82, 2.24) is 10.1 Å². The Morgan fingerprint density at radius 1 is 1.69 bits per heavy atom. The van der Waals surface area contributed by atoms with Gasteiger partial charge in [0.25, 0.3) is 0 Å². The van der Waals surface area contributed by atoms with Crippen LogP contribution in [0.1, 0.15) is 31.5 Å². The van der Waals surface area contributed by atoms with E-state index < -0.39 is 0 Å². The summed E-state index contributed by atoms with van der Waals surface area (Å²) in [6.45, 7) is 3.52. The zero-order valence-corrected chi connectivity index (χ0v) is 7.90. The van der Waals surface area contributed by atoms with Crippen molar-refractivity contribution in [1.29, 1.82) is 0 Å². The van der Waals surface area contributed by atoms with Gasteiger partial charge in [0.1, 0.15) is 12.4 Å². The lowest BCUT2D eigenvalue weighted by molar-refractivity contribution is -0.118. The fourth-order valence-electron chi connectivity index (χ4n) is 0.805. The number of hydrogen-bond donors (Lipinski definition) is 0. The molecule has 5 heteroatoms. The minimum Gasteiger partial charge on any atom is -0.377 e. The highest BCUT2D eigenvalue weighted by atomic mass is 16.5. The van der Waals surface area contributed by atoms with E-state index in [1.165, 1.54) is 6.92 Å². The van der Waals surface area contributed by atoms with Crippen LogP contribution >= 0.6 is 0 Å². The lowest BCUT2D eigenvalue weighted by Gasteiger charge is -1.97. The minimum atomic E-state index is -0.335. The van der Waals surface area contributed by atoms with Crippen molar-refractivity contribution in [3.8, 4) is 0 Å². The Morgan fingerprint density at radius 3 is 2.92 bits per heavy atom. The van der Waals surface area contributed by atoms with Gasteiger partial charge in [0, 0.05) is 7.11 Å². The molecule has 0 amide bonds. The Morgan fingerprint density at radius 2 is 2.38 bits per heavy atom. The molecule has 0 N–H and O–H groups in total. The maximum absolute atomic E-state index is 11.0. The van der Waals surface area contributed by atoms with E-state index in [-0.39, 0.29) is 11.7 Å². The lowest BCUT2D eigenvalue weighted by atomic mass is 10.1. The molecule has 0 aromatic carbocycles. The van der Waals surface area contributed by atoms with Crippen LogP contribution in [0.2, 0.25) is 0 Å². The minimum absolute atomic E-state index is 0.00705. The molecule has 0 bridgehead atoms. The summed E-state index contributed by atoms with van der Waals surface area (Å²) in [7, 11) is 1.55. The molecule has 13 heavy (non-hydrogen) atoms. The van der Waals surface area contributed by atoms with E-state index in [0.717, 1.165) is 0 Å². The molecule has 72 valence electrons. The Hall–Kier alpha value is -1.23. The predicted octanol–water partition coefficient (Wildman–Crippen LogP) is 0.909. The van der Waals surface area contributed by atoms with Gasteiger partial charge in [-0.1, -0.05) is 5.16 Å². The van der Waals surface area contributed by atoms with E-state index >= 15 is 0 Å². The van der Waals surface area contributed by atoms with Crippen LogP contribution in [0.5, 0.6) is 0 Å². The van der Waals surface area contributed by atoms with Gasteiger partial charge in [-0.05, 0) is 13.8 Å². The number of carbonyl (C=O) groups excluding carboxylic acids is 1. The summed E-state index contributed by atoms with van der Waals surface area (Å²) in [4.78, 5) is 14.9. The van der Waals surface area contributed by atoms with Gasteiger partial charge >= 0.3 is 0 Å². The van der Waals surface area contributed by atoms with Gasteiger partial charge < -0.3 is 9.26 Å². The summed E-state index contributed by atoms with van der Waals surface area (Å²) in [5.41, 5.74) is 0. The fourth-order valence-corrected chi connectivity index (χ4v) is 0.805. The maximum atomic E-state index is 11.0. The molecule has 1 atom stereocenters. The Kier molecular flexibility index (Phi) is 3.13. The highest BCUT2D eigenvalue weighted by Gasteiger charge is 2.17. The number of carbonyl (C=O) groups is 1. The number of ketones is 1. The van der Waals surface area contributed by atoms with E-state index in [1.54, 1.807) is 14.0 Å². The smallest absolute Gasteiger partial charge is 0.237 e. The van der Waals surface area contributed by atoms with Gasteiger partial charge in [0.2, 0.25) is 5.89 Å². The normalized spacial score (nSPS) is 12.8. The molecule has 1 unspecified atom stereocenters. The summed E-state index contributed by atoms with van der Waals surface area (Å²) < 4.78 is 9.69. The molecule has 0 aliphatic heterocycles. The van der Waals surface area contributed by atoms with Crippen LogP contribution in [0, 0.1) is 0 Å². The van der Waals surface area contributed by atoms with Gasteiger partial charge in [-0.15, -0.1) is 0 Å². The highest BCUT2D eigenvalue weighted by Crippen LogP contribution is 2.13. The molecular weight excluding hydrogens is 172 g/mol. The molecular formula is C8H12N2O3. The molecule has 0 aliphatic rings. The van der Waals surface area contributed by atoms with Crippen molar-refractivity contribution in [2.75, 3.05) is 7.11 Å². The van der Waals surface area contributed by atoms with E-state index in [0.29, 0.717) is 18.3 Å². The van der Waals surface area contributed by atoms with E-state index in [2.05, 4.69) is 10.1 Å². The first-order chi connectivity index (χ1) is 6.15. The molecule has 0 saturated heterocycles. The van der Waals surface area contributed by atoms with Crippen LogP contribution < -0.4 is 0 Å². The molecule has 1 rings (SSSR count). The molecule has 0 aliphatic carbocycles. The third kappa shape index (κ3) is 2.35. The summed E-state index contributed by atoms with van der Waals surface area (Å²) in [6, 6.07) is 0. The van der Waals surface area contributed by atoms with Gasteiger partial charge in [0.05, 0.1) is 5.92 Å². The Labute approximate surface area is 76.1 Å². The second-order valence-electron chi connectivity index (χ2n) is 2.81. The van der Waals surface area contributed by atoms with Gasteiger partial charge in [-0.2, -0.15) is 4.98 Å². The first-order valence-electron chi connectivity index (χ1n) is 3.97. The number of methoxy groups -OCH3 is 1. The average molecular weight is 184 g/mol. The molecule has 1 aromatic rings. The van der Waals surface area contributed by atoms with Crippen molar-refractivity contribution < 1.29 is 14.1 Å². The molecule has 0 radical (unpaired) electrons. The van der Waals surface area contributed by atoms with Crippen molar-refractivity contribution in [3.63, 3.8) is 0 Å². The number of Topliss-reactive ketones (excluding diaryl/α,β-unsaturated/α-hetero) is 1. The van der Waals surface area contributed by atoms with Gasteiger partial charge in [-0.25, -0.2) is 0 Å². The SMILES string of the molecule is COCc1noc(C(C)C(C)=O)n1. The van der Waals surface area contributed by atoms with Crippen LogP contribution in [0.4, 0.5) is 0 Å². The predicted molar refractivity (Wildman–Crippen MR) is 44.1 cm³/mol. The molecule has 0 spiro atoms. The Balaban J connectivity index is 2.73. The third-order valence-corrected chi connectivity index (χ3v) is 1.74. The number of aromatic nitrogens is 2. The van der Waals surface area contributed by atoms with Crippen LogP contribution in [0.3, 0.4) is 0 Å². The molecule has 1 aromatic heterocycles. The highest BCUT2D eigenvalue weighted by molar-refractivity contribution is 5.81. The molecule has 1 heterocycles. The first kappa shape index (κ1) is 9.85. The molecule has 5 nitrogen and oxygen atoms in total. The average Bonchev–Trinajstić information content (AvgIpc) is 2.52. The zero-order valence-electron chi connectivity index (χ0n) is 7.90. The van der Waals surface area contributed by atoms with E-state index in [4.69, 9.17) is 9.26 Å². The summed E-state index contributed by atoms with van der Waals surface area (Å²) in [6.07, 6.45) is 0. The van der Waals surface area contributed by atoms with Crippen molar-refractivity contribution >= 4 is 5.78 Å². The number of ether oxygens (including phenoxy) is 1. The van der Waals surface area contributed by atoms with E-state index in [1.807, 2.05) is 0 Å². The van der Waals surface area contributed by atoms with Crippen molar-refractivity contribution in [2.45, 2.75) is 26.4 Å². The number of nitrogens with zero attached hydrogens (tertiary/aromatic N) is 2. The Bertz CT molecular complexity index is 295. The first-order valence-corrected chi connectivity index (χ1v) is 3.97. The third-order valence-electron chi connectivity index (χ3n) is 1.74. The second-order valence-corrected chi connectivity index (χ2v) is 2.81. The van der Waals surface area contributed by atoms with Crippen molar-refractivity contribution in [3.05, 3.63) is 11.7 Å². The number of rotatable bonds is 4. The van der Waals surface area contributed by atoms with Crippen LogP contribution in [0.15, 0.2) is 4.52 Å². The summed E-state index contributed by atoms with van der Waals surface area (Å²) in [5, 5.41) is 3.65. The summed E-state index contributed by atoms with van der Waals surface area (Å²) >= 11 is 0. The van der Waals surface area contributed by atoms with Crippen molar-refractivity contribution in [2.24, 2.45) is 0 Å². The summed E-state index contributed by atoms with van der Waals surface area (Å²) in [5.74, 6) is 0.482. The largest absolute Gasteiger partial charge is 0.377 e. The maximum Gasteiger partial charge on any atom is 0.237 e. The lowest BCUT2D eigenvalue weighted by Crippen LogP contribution is -2.04. The van der Waals surface area contributed by atoms with E-state index in [9.17, 15) is 4.79 Å². The zero-order chi connectivity index (χ0) is 9.84. The van der Waals surface area contributed by atoms with Gasteiger partial charge in [0.15, 0.2) is 5.82 Å². The van der Waals surface area contributed by atoms with Crippen LogP contribution in [-0.2, 0) is 16.1 Å². The van der Waals surface area contributed by atoms with Crippen LogP contribution in [-0.4, -0.2) is 23.0 Å². The molecule has 0 fully saturated rings. The second kappa shape index (κ2) is 4.13. The number of hydrogen-bond acceptors (Lipinski definition) is 5. The van der Waals surface area contributed by atoms with Gasteiger partial charge in [-0.3, -0.25) is 4.79 Å². The monoisotopic (exact) mass is 184 g/mol. The quantitative estimate of drug-likeness (QED) is 0.695. The molecule has 0 saturated carbocycles.